The standard InChI is InChI=1S/C12H19N3/c1-4-6-13-12(8-10(2)3)11-5-7-14-15-9-11/h5,7-9,12-13H,4,6H2,1-3H3. The smallest absolute Gasteiger partial charge is 0.0547 e. The number of aromatic nitrogens is 2. The van der Waals surface area contributed by atoms with Crippen LogP contribution in [0.15, 0.2) is 30.1 Å². The number of allylic oxidation sites excluding steroid dienone is 1. The fraction of sp³-hybridized carbons (Fsp3) is 0.500. The minimum Gasteiger partial charge on any atom is -0.307 e. The molecule has 0 spiro atoms. The van der Waals surface area contributed by atoms with Crippen LogP contribution in [0.1, 0.15) is 38.8 Å². The Hall–Kier alpha value is -1.22. The van der Waals surface area contributed by atoms with E-state index >= 15 is 0 Å². The maximum atomic E-state index is 3.90. The van der Waals surface area contributed by atoms with Gasteiger partial charge in [-0.2, -0.15) is 10.2 Å². The number of nitrogens with one attached hydrogen (secondary N) is 1. The second-order valence-electron chi connectivity index (χ2n) is 3.85. The lowest BCUT2D eigenvalue weighted by Gasteiger charge is -2.14. The van der Waals surface area contributed by atoms with Crippen LogP contribution >= 0.6 is 0 Å². The summed E-state index contributed by atoms with van der Waals surface area (Å²) in [5.41, 5.74) is 2.47. The average molecular weight is 205 g/mol. The molecule has 1 unspecified atom stereocenters. The molecular formula is C12H19N3. The molecule has 0 aliphatic carbocycles. The molecule has 15 heavy (non-hydrogen) atoms. The zero-order valence-corrected chi connectivity index (χ0v) is 9.70. The van der Waals surface area contributed by atoms with Gasteiger partial charge in [-0.25, -0.2) is 0 Å². The third-order valence-corrected chi connectivity index (χ3v) is 2.08. The Morgan fingerprint density at radius 1 is 1.47 bits per heavy atom. The van der Waals surface area contributed by atoms with Crippen LogP contribution in [0.25, 0.3) is 0 Å². The molecule has 3 nitrogen and oxygen atoms in total. The minimum absolute atomic E-state index is 0.255. The van der Waals surface area contributed by atoms with E-state index in [1.807, 2.05) is 12.3 Å². The molecule has 0 saturated carbocycles. The summed E-state index contributed by atoms with van der Waals surface area (Å²) >= 11 is 0. The van der Waals surface area contributed by atoms with Crippen molar-refractivity contribution in [2.24, 2.45) is 0 Å². The Balaban J connectivity index is 2.77. The lowest BCUT2D eigenvalue weighted by Crippen LogP contribution is -2.20. The van der Waals surface area contributed by atoms with Crippen molar-refractivity contribution in [2.45, 2.75) is 33.2 Å². The van der Waals surface area contributed by atoms with Crippen molar-refractivity contribution < 1.29 is 0 Å². The number of nitrogens with zero attached hydrogens (tertiary/aromatic N) is 2. The highest BCUT2D eigenvalue weighted by Gasteiger charge is 2.06. The van der Waals surface area contributed by atoms with Gasteiger partial charge in [0.25, 0.3) is 0 Å². The van der Waals surface area contributed by atoms with Crippen LogP contribution in [-0.2, 0) is 0 Å². The number of hydrogen-bond donors (Lipinski definition) is 1. The largest absolute Gasteiger partial charge is 0.307 e. The van der Waals surface area contributed by atoms with Crippen LogP contribution in [0.3, 0.4) is 0 Å². The predicted molar refractivity (Wildman–Crippen MR) is 62.5 cm³/mol. The first-order valence-corrected chi connectivity index (χ1v) is 5.39. The SMILES string of the molecule is CCCNC(C=C(C)C)c1ccnnc1. The molecule has 0 aliphatic rings. The molecular weight excluding hydrogens is 186 g/mol. The molecule has 0 aromatic carbocycles. The maximum Gasteiger partial charge on any atom is 0.0547 e. The molecule has 0 saturated heterocycles. The van der Waals surface area contributed by atoms with Crippen LogP contribution in [-0.4, -0.2) is 16.7 Å². The van der Waals surface area contributed by atoms with E-state index in [1.165, 1.54) is 11.1 Å². The van der Waals surface area contributed by atoms with Crippen molar-refractivity contribution in [2.75, 3.05) is 6.54 Å². The summed E-state index contributed by atoms with van der Waals surface area (Å²) in [5.74, 6) is 0. The van der Waals surface area contributed by atoms with E-state index in [1.54, 1.807) is 6.20 Å². The van der Waals surface area contributed by atoms with Crippen molar-refractivity contribution in [3.8, 4) is 0 Å². The van der Waals surface area contributed by atoms with E-state index in [4.69, 9.17) is 0 Å². The minimum atomic E-state index is 0.255. The average Bonchev–Trinajstić information content (AvgIpc) is 2.25. The quantitative estimate of drug-likeness (QED) is 0.750. The highest BCUT2D eigenvalue weighted by atomic mass is 15.1. The van der Waals surface area contributed by atoms with E-state index in [-0.39, 0.29) is 6.04 Å². The molecule has 82 valence electrons. The second kappa shape index (κ2) is 6.30. The van der Waals surface area contributed by atoms with E-state index in [2.05, 4.69) is 42.4 Å². The predicted octanol–water partition coefficient (Wildman–Crippen LogP) is 2.48. The molecule has 3 heteroatoms. The number of hydrogen-bond acceptors (Lipinski definition) is 3. The molecule has 1 atom stereocenters. The van der Waals surface area contributed by atoms with Crippen molar-refractivity contribution in [1.82, 2.24) is 15.5 Å². The molecule has 0 radical (unpaired) electrons. The molecule has 0 fully saturated rings. The topological polar surface area (TPSA) is 37.8 Å². The van der Waals surface area contributed by atoms with E-state index < -0.39 is 0 Å². The van der Waals surface area contributed by atoms with Crippen molar-refractivity contribution in [3.63, 3.8) is 0 Å². The van der Waals surface area contributed by atoms with Crippen molar-refractivity contribution in [3.05, 3.63) is 35.7 Å². The molecule has 0 bridgehead atoms. The Kier molecular flexibility index (Phi) is 4.98. The maximum absolute atomic E-state index is 3.90. The van der Waals surface area contributed by atoms with Gasteiger partial charge in [-0.15, -0.1) is 0 Å². The third-order valence-electron chi connectivity index (χ3n) is 2.08. The van der Waals surface area contributed by atoms with Gasteiger partial charge in [-0.1, -0.05) is 18.6 Å². The van der Waals surface area contributed by atoms with Gasteiger partial charge in [0.05, 0.1) is 12.2 Å². The Labute approximate surface area is 91.6 Å². The van der Waals surface area contributed by atoms with Gasteiger partial charge in [0.1, 0.15) is 0 Å². The summed E-state index contributed by atoms with van der Waals surface area (Å²) < 4.78 is 0. The summed E-state index contributed by atoms with van der Waals surface area (Å²) in [5, 5.41) is 11.2. The molecule has 1 aromatic heterocycles. The Bertz CT molecular complexity index is 302. The van der Waals surface area contributed by atoms with Crippen molar-refractivity contribution in [1.29, 1.82) is 0 Å². The monoisotopic (exact) mass is 205 g/mol. The first kappa shape index (κ1) is 11.9. The molecule has 1 rings (SSSR count). The highest BCUT2D eigenvalue weighted by Crippen LogP contribution is 2.14. The first-order valence-electron chi connectivity index (χ1n) is 5.39. The van der Waals surface area contributed by atoms with E-state index in [9.17, 15) is 0 Å². The molecule has 0 aliphatic heterocycles. The summed E-state index contributed by atoms with van der Waals surface area (Å²) in [6.07, 6.45) is 6.89. The van der Waals surface area contributed by atoms with Crippen LogP contribution in [0.4, 0.5) is 0 Å². The van der Waals surface area contributed by atoms with Crippen LogP contribution < -0.4 is 5.32 Å². The fourth-order valence-electron chi connectivity index (χ4n) is 1.39. The Morgan fingerprint density at radius 2 is 2.27 bits per heavy atom. The third kappa shape index (κ3) is 4.21. The van der Waals surface area contributed by atoms with Crippen LogP contribution in [0, 0.1) is 0 Å². The summed E-state index contributed by atoms with van der Waals surface area (Å²) in [6.45, 7) is 7.39. The summed E-state index contributed by atoms with van der Waals surface area (Å²) in [6, 6.07) is 2.25. The van der Waals surface area contributed by atoms with Crippen LogP contribution in [0.2, 0.25) is 0 Å². The van der Waals surface area contributed by atoms with Gasteiger partial charge in [0, 0.05) is 6.20 Å². The lowest BCUT2D eigenvalue weighted by molar-refractivity contribution is 0.607. The van der Waals surface area contributed by atoms with Crippen LogP contribution in [0.5, 0.6) is 0 Å². The number of rotatable bonds is 5. The zero-order chi connectivity index (χ0) is 11.1. The second-order valence-corrected chi connectivity index (χ2v) is 3.85. The molecule has 1 aromatic rings. The van der Waals surface area contributed by atoms with E-state index in [0.717, 1.165) is 13.0 Å². The normalized spacial score (nSPS) is 12.2. The van der Waals surface area contributed by atoms with Gasteiger partial charge in [0.15, 0.2) is 0 Å². The van der Waals surface area contributed by atoms with Gasteiger partial charge in [0.2, 0.25) is 0 Å². The van der Waals surface area contributed by atoms with E-state index in [0.29, 0.717) is 0 Å². The lowest BCUT2D eigenvalue weighted by atomic mass is 10.1. The van der Waals surface area contributed by atoms with Gasteiger partial charge in [-0.05, 0) is 38.4 Å². The highest BCUT2D eigenvalue weighted by molar-refractivity contribution is 5.19. The molecule has 0 amide bonds. The molecule has 1 heterocycles. The van der Waals surface area contributed by atoms with Gasteiger partial charge < -0.3 is 5.32 Å². The van der Waals surface area contributed by atoms with Crippen molar-refractivity contribution >= 4 is 0 Å². The Morgan fingerprint density at radius 3 is 2.80 bits per heavy atom. The van der Waals surface area contributed by atoms with Gasteiger partial charge in [-0.3, -0.25) is 0 Å². The zero-order valence-electron chi connectivity index (χ0n) is 9.70. The first-order chi connectivity index (χ1) is 7.24. The summed E-state index contributed by atoms with van der Waals surface area (Å²) in [7, 11) is 0. The summed E-state index contributed by atoms with van der Waals surface area (Å²) in [4.78, 5) is 0. The van der Waals surface area contributed by atoms with Gasteiger partial charge >= 0.3 is 0 Å². The molecule has 1 N–H and O–H groups in total. The fourth-order valence-corrected chi connectivity index (χ4v) is 1.39.